The van der Waals surface area contributed by atoms with Crippen molar-refractivity contribution in [2.75, 3.05) is 5.73 Å². The van der Waals surface area contributed by atoms with Crippen LogP contribution in [0.5, 0.6) is 0 Å². The smallest absolute Gasteiger partial charge is 0.129 e. The van der Waals surface area contributed by atoms with Gasteiger partial charge in [0.2, 0.25) is 0 Å². The molecule has 4 nitrogen and oxygen atoms in total. The van der Waals surface area contributed by atoms with Crippen LogP contribution in [0, 0.1) is 0 Å². The molecular formula is C11H11N3O. The SMILES string of the molecule is Nc1ncccc1C(O)c1ccncc1. The van der Waals surface area contributed by atoms with Crippen LogP contribution in [0.2, 0.25) is 0 Å². The summed E-state index contributed by atoms with van der Waals surface area (Å²) in [6.07, 6.45) is 4.11. The zero-order chi connectivity index (χ0) is 10.7. The molecule has 0 radical (unpaired) electrons. The Bertz CT molecular complexity index is 445. The zero-order valence-electron chi connectivity index (χ0n) is 8.04. The van der Waals surface area contributed by atoms with Crippen LogP contribution < -0.4 is 5.73 Å². The normalized spacial score (nSPS) is 12.3. The molecule has 0 saturated heterocycles. The number of aliphatic hydroxyl groups is 1. The number of hydrogen-bond donors (Lipinski definition) is 2. The van der Waals surface area contributed by atoms with Crippen molar-refractivity contribution in [2.45, 2.75) is 6.10 Å². The van der Waals surface area contributed by atoms with E-state index in [-0.39, 0.29) is 0 Å². The number of aromatic nitrogens is 2. The molecule has 0 spiro atoms. The van der Waals surface area contributed by atoms with E-state index in [1.807, 2.05) is 0 Å². The van der Waals surface area contributed by atoms with Crippen molar-refractivity contribution in [3.05, 3.63) is 54.0 Å². The van der Waals surface area contributed by atoms with Crippen molar-refractivity contribution in [1.82, 2.24) is 9.97 Å². The molecule has 2 aromatic rings. The molecule has 3 N–H and O–H groups in total. The minimum absolute atomic E-state index is 0.349. The van der Waals surface area contributed by atoms with E-state index in [0.29, 0.717) is 11.4 Å². The molecular weight excluding hydrogens is 190 g/mol. The van der Waals surface area contributed by atoms with Crippen molar-refractivity contribution in [1.29, 1.82) is 0 Å². The topological polar surface area (TPSA) is 72.0 Å². The lowest BCUT2D eigenvalue weighted by Crippen LogP contribution is -2.05. The highest BCUT2D eigenvalue weighted by atomic mass is 16.3. The molecule has 0 aliphatic carbocycles. The van der Waals surface area contributed by atoms with Gasteiger partial charge in [0.1, 0.15) is 11.9 Å². The highest BCUT2D eigenvalue weighted by Gasteiger charge is 2.12. The predicted molar refractivity (Wildman–Crippen MR) is 56.9 cm³/mol. The van der Waals surface area contributed by atoms with E-state index in [0.717, 1.165) is 5.56 Å². The minimum atomic E-state index is -0.748. The second-order valence-corrected chi connectivity index (χ2v) is 3.16. The van der Waals surface area contributed by atoms with Crippen LogP contribution >= 0.6 is 0 Å². The average Bonchev–Trinajstić information content (AvgIpc) is 2.30. The van der Waals surface area contributed by atoms with Crippen molar-refractivity contribution in [3.63, 3.8) is 0 Å². The molecule has 0 amide bonds. The van der Waals surface area contributed by atoms with Gasteiger partial charge in [-0.2, -0.15) is 0 Å². The third-order valence-electron chi connectivity index (χ3n) is 2.19. The van der Waals surface area contributed by atoms with E-state index >= 15 is 0 Å². The van der Waals surface area contributed by atoms with Crippen molar-refractivity contribution in [2.24, 2.45) is 0 Å². The molecule has 0 aliphatic rings. The molecule has 1 unspecified atom stereocenters. The van der Waals surface area contributed by atoms with E-state index in [4.69, 9.17) is 5.73 Å². The van der Waals surface area contributed by atoms with Crippen LogP contribution in [0.25, 0.3) is 0 Å². The van der Waals surface area contributed by atoms with Gasteiger partial charge in [-0.05, 0) is 23.8 Å². The second kappa shape index (κ2) is 4.06. The molecule has 2 aromatic heterocycles. The maximum Gasteiger partial charge on any atom is 0.129 e. The summed E-state index contributed by atoms with van der Waals surface area (Å²) in [7, 11) is 0. The van der Waals surface area contributed by atoms with Gasteiger partial charge in [0, 0.05) is 24.2 Å². The first-order valence-corrected chi connectivity index (χ1v) is 4.57. The van der Waals surface area contributed by atoms with Crippen LogP contribution in [-0.2, 0) is 0 Å². The Kier molecular flexibility index (Phi) is 2.60. The lowest BCUT2D eigenvalue weighted by molar-refractivity contribution is 0.220. The van der Waals surface area contributed by atoms with Crippen molar-refractivity contribution in [3.8, 4) is 0 Å². The van der Waals surface area contributed by atoms with Gasteiger partial charge in [-0.3, -0.25) is 4.98 Å². The van der Waals surface area contributed by atoms with Gasteiger partial charge in [-0.15, -0.1) is 0 Å². The van der Waals surface area contributed by atoms with Gasteiger partial charge >= 0.3 is 0 Å². The van der Waals surface area contributed by atoms with Crippen LogP contribution in [-0.4, -0.2) is 15.1 Å². The molecule has 2 rings (SSSR count). The summed E-state index contributed by atoms with van der Waals surface area (Å²) in [6.45, 7) is 0. The molecule has 0 fully saturated rings. The van der Waals surface area contributed by atoms with E-state index in [1.54, 1.807) is 42.9 Å². The first kappa shape index (κ1) is 9.61. The highest BCUT2D eigenvalue weighted by molar-refractivity contribution is 5.43. The number of anilines is 1. The van der Waals surface area contributed by atoms with Crippen molar-refractivity contribution < 1.29 is 5.11 Å². The molecule has 2 heterocycles. The fraction of sp³-hybridized carbons (Fsp3) is 0.0909. The third-order valence-corrected chi connectivity index (χ3v) is 2.19. The minimum Gasteiger partial charge on any atom is -0.384 e. The first-order valence-electron chi connectivity index (χ1n) is 4.57. The van der Waals surface area contributed by atoms with E-state index in [2.05, 4.69) is 9.97 Å². The van der Waals surface area contributed by atoms with Gasteiger partial charge in [0.15, 0.2) is 0 Å². The number of nitrogens with two attached hydrogens (primary N) is 1. The molecule has 4 heteroatoms. The predicted octanol–water partition coefficient (Wildman–Crippen LogP) is 1.14. The molecule has 0 bridgehead atoms. The summed E-state index contributed by atoms with van der Waals surface area (Å²) < 4.78 is 0. The standard InChI is InChI=1S/C11H11N3O/c12-11-9(2-1-5-14-11)10(15)8-3-6-13-7-4-8/h1-7,10,15H,(H2,12,14). The average molecular weight is 201 g/mol. The monoisotopic (exact) mass is 201 g/mol. The Hall–Kier alpha value is -1.94. The summed E-state index contributed by atoms with van der Waals surface area (Å²) in [5.41, 5.74) is 7.04. The van der Waals surface area contributed by atoms with E-state index in [9.17, 15) is 5.11 Å². The lowest BCUT2D eigenvalue weighted by Gasteiger charge is -2.12. The van der Waals surface area contributed by atoms with Crippen LogP contribution in [0.4, 0.5) is 5.82 Å². The lowest BCUT2D eigenvalue weighted by atomic mass is 10.0. The van der Waals surface area contributed by atoms with Crippen molar-refractivity contribution >= 4 is 5.82 Å². The molecule has 0 aromatic carbocycles. The van der Waals surface area contributed by atoms with E-state index in [1.165, 1.54) is 0 Å². The molecule has 0 saturated carbocycles. The quantitative estimate of drug-likeness (QED) is 0.764. The Morgan fingerprint density at radius 3 is 2.53 bits per heavy atom. The summed E-state index contributed by atoms with van der Waals surface area (Å²) in [6, 6.07) is 7.00. The Labute approximate surface area is 87.4 Å². The van der Waals surface area contributed by atoms with Crippen LogP contribution in [0.15, 0.2) is 42.9 Å². The van der Waals surface area contributed by atoms with Crippen LogP contribution in [0.3, 0.4) is 0 Å². The van der Waals surface area contributed by atoms with Gasteiger partial charge in [-0.1, -0.05) is 6.07 Å². The third kappa shape index (κ3) is 1.94. The zero-order valence-corrected chi connectivity index (χ0v) is 8.04. The second-order valence-electron chi connectivity index (χ2n) is 3.16. The molecule has 76 valence electrons. The summed E-state index contributed by atoms with van der Waals surface area (Å²) in [5, 5.41) is 10.0. The van der Waals surface area contributed by atoms with Gasteiger partial charge in [0.25, 0.3) is 0 Å². The molecule has 15 heavy (non-hydrogen) atoms. The van der Waals surface area contributed by atoms with Gasteiger partial charge < -0.3 is 10.8 Å². The maximum absolute atomic E-state index is 10.0. The maximum atomic E-state index is 10.0. The molecule has 1 atom stereocenters. The summed E-state index contributed by atoms with van der Waals surface area (Å²) >= 11 is 0. The summed E-state index contributed by atoms with van der Waals surface area (Å²) in [5.74, 6) is 0.349. The largest absolute Gasteiger partial charge is 0.384 e. The Balaban J connectivity index is 2.37. The number of aliphatic hydroxyl groups excluding tert-OH is 1. The number of nitrogens with zero attached hydrogens (tertiary/aromatic N) is 2. The number of pyridine rings is 2. The fourth-order valence-corrected chi connectivity index (χ4v) is 1.39. The first-order chi connectivity index (χ1) is 7.29. The Morgan fingerprint density at radius 1 is 1.13 bits per heavy atom. The fourth-order valence-electron chi connectivity index (χ4n) is 1.39. The highest BCUT2D eigenvalue weighted by Crippen LogP contribution is 2.24. The number of rotatable bonds is 2. The van der Waals surface area contributed by atoms with Gasteiger partial charge in [0.05, 0.1) is 0 Å². The van der Waals surface area contributed by atoms with E-state index < -0.39 is 6.10 Å². The Morgan fingerprint density at radius 2 is 1.87 bits per heavy atom. The summed E-state index contributed by atoms with van der Waals surface area (Å²) in [4.78, 5) is 7.81. The van der Waals surface area contributed by atoms with Crippen LogP contribution in [0.1, 0.15) is 17.2 Å². The van der Waals surface area contributed by atoms with Gasteiger partial charge in [-0.25, -0.2) is 4.98 Å². The number of hydrogen-bond acceptors (Lipinski definition) is 4. The number of nitrogen functional groups attached to an aromatic ring is 1. The molecule has 0 aliphatic heterocycles.